The Morgan fingerprint density at radius 2 is 1.96 bits per heavy atom. The van der Waals surface area contributed by atoms with Crippen LogP contribution >= 0.6 is 11.3 Å². The number of anilines is 1. The number of hydrogen-bond acceptors (Lipinski definition) is 6. The lowest BCUT2D eigenvalue weighted by Gasteiger charge is -2.08. The molecule has 0 spiro atoms. The standard InChI is InChI=1S/C21H16N4OS/c1-13-10-15-11-16(2-3-17(15)23-13)24-18-4-7-22-19-12-20(27-21(18)19)14-5-8-25(26)9-6-14/h2-12,22,26H,1H3. The molecule has 4 heterocycles. The average molecular weight is 372 g/mol. The fraction of sp³-hybridized carbons (Fsp3) is 0.0476. The van der Waals surface area contributed by atoms with E-state index in [9.17, 15) is 5.21 Å². The normalized spacial score (nSPS) is 21.2. The van der Waals surface area contributed by atoms with E-state index in [2.05, 4.69) is 28.5 Å². The zero-order chi connectivity index (χ0) is 18.4. The van der Waals surface area contributed by atoms with Crippen molar-refractivity contribution in [2.45, 2.75) is 6.92 Å². The molecule has 0 bridgehead atoms. The van der Waals surface area contributed by atoms with E-state index < -0.39 is 0 Å². The van der Waals surface area contributed by atoms with Gasteiger partial charge in [-0.25, -0.2) is 10.1 Å². The molecule has 0 atom stereocenters. The monoisotopic (exact) mass is 372 g/mol. The summed E-state index contributed by atoms with van der Waals surface area (Å²) in [7, 11) is 0. The molecular formula is C21H16N4OS. The Balaban J connectivity index is 1.61. The quantitative estimate of drug-likeness (QED) is 0.745. The summed E-state index contributed by atoms with van der Waals surface area (Å²) in [6.45, 7) is 2.00. The third kappa shape index (κ3) is 2.95. The van der Waals surface area contributed by atoms with Crippen LogP contribution in [0.25, 0.3) is 11.3 Å². The van der Waals surface area contributed by atoms with Crippen LogP contribution in [0, 0.1) is 0 Å². The van der Waals surface area contributed by atoms with Crippen LogP contribution < -0.4 is 14.4 Å². The Bertz CT molecular complexity index is 1200. The molecule has 4 aliphatic rings. The van der Waals surface area contributed by atoms with Crippen molar-refractivity contribution in [2.24, 2.45) is 9.98 Å². The molecule has 5 nitrogen and oxygen atoms in total. The van der Waals surface area contributed by atoms with Gasteiger partial charge >= 0.3 is 0 Å². The molecule has 2 N–H and O–H groups in total. The van der Waals surface area contributed by atoms with Crippen LogP contribution in [0.3, 0.4) is 0 Å². The number of nitrogens with zero attached hydrogens (tertiary/aromatic N) is 3. The van der Waals surface area contributed by atoms with Crippen molar-refractivity contribution in [2.75, 3.05) is 5.32 Å². The Labute approximate surface area is 160 Å². The number of fused-ring (bicyclic) bond motifs is 2. The topological polar surface area (TPSA) is 60.2 Å². The largest absolute Gasteiger partial charge is 0.360 e. The highest BCUT2D eigenvalue weighted by Crippen LogP contribution is 2.21. The molecule has 0 radical (unpaired) electrons. The molecular weight excluding hydrogens is 356 g/mol. The summed E-state index contributed by atoms with van der Waals surface area (Å²) in [5, 5.41) is 13.8. The highest BCUT2D eigenvalue weighted by molar-refractivity contribution is 7.08. The van der Waals surface area contributed by atoms with E-state index in [1.807, 2.05) is 43.5 Å². The zero-order valence-corrected chi connectivity index (χ0v) is 15.4. The van der Waals surface area contributed by atoms with Crippen molar-refractivity contribution >= 4 is 39.7 Å². The van der Waals surface area contributed by atoms with E-state index in [1.165, 1.54) is 0 Å². The Morgan fingerprint density at radius 3 is 2.81 bits per heavy atom. The second-order valence-corrected chi connectivity index (χ2v) is 7.49. The summed E-state index contributed by atoms with van der Waals surface area (Å²) in [5.41, 5.74) is 7.09. The van der Waals surface area contributed by atoms with Gasteiger partial charge in [0, 0.05) is 34.4 Å². The molecule has 0 aromatic carbocycles. The summed E-state index contributed by atoms with van der Waals surface area (Å²) in [6.07, 6.45) is 19.1. The first-order valence-corrected chi connectivity index (χ1v) is 9.38. The van der Waals surface area contributed by atoms with Crippen molar-refractivity contribution in [1.29, 1.82) is 0 Å². The molecule has 3 aliphatic heterocycles. The van der Waals surface area contributed by atoms with Gasteiger partial charge in [-0.3, -0.25) is 10.2 Å². The number of hydroxylamine groups is 2. The van der Waals surface area contributed by atoms with E-state index in [1.54, 1.807) is 23.7 Å². The minimum Gasteiger partial charge on any atom is -0.360 e. The second kappa shape index (κ2) is 6.19. The number of allylic oxidation sites excluding steroid dienone is 8. The van der Waals surface area contributed by atoms with Gasteiger partial charge in [0.05, 0.1) is 27.3 Å². The third-order valence-electron chi connectivity index (χ3n) is 4.46. The molecule has 1 aromatic heterocycles. The van der Waals surface area contributed by atoms with Crippen LogP contribution in [0.15, 0.2) is 88.5 Å². The fourth-order valence-corrected chi connectivity index (χ4v) is 4.30. The third-order valence-corrected chi connectivity index (χ3v) is 5.67. The van der Waals surface area contributed by atoms with E-state index in [-0.39, 0.29) is 0 Å². The molecule has 0 amide bonds. The first-order valence-electron chi connectivity index (χ1n) is 8.57. The van der Waals surface area contributed by atoms with Gasteiger partial charge in [0.25, 0.3) is 0 Å². The van der Waals surface area contributed by atoms with Gasteiger partial charge in [0.2, 0.25) is 0 Å². The molecule has 27 heavy (non-hydrogen) atoms. The molecule has 0 saturated carbocycles. The number of aliphatic imine (C=N–C) groups is 2. The van der Waals surface area contributed by atoms with Crippen molar-refractivity contribution < 1.29 is 5.21 Å². The van der Waals surface area contributed by atoms with Crippen LogP contribution in [0.5, 0.6) is 0 Å². The fourth-order valence-electron chi connectivity index (χ4n) is 3.20. The maximum atomic E-state index is 9.42. The smallest absolute Gasteiger partial charge is 0.0844 e. The van der Waals surface area contributed by atoms with Crippen LogP contribution in [0.4, 0.5) is 5.69 Å². The maximum absolute atomic E-state index is 9.42. The molecule has 6 heteroatoms. The minimum atomic E-state index is 0.915. The molecule has 0 fully saturated rings. The molecule has 0 unspecified atom stereocenters. The second-order valence-electron chi connectivity index (χ2n) is 6.44. The van der Waals surface area contributed by atoms with E-state index in [4.69, 9.17) is 4.99 Å². The number of hydrogen-bond donors (Lipinski definition) is 2. The van der Waals surface area contributed by atoms with Gasteiger partial charge in [-0.2, -0.15) is 0 Å². The molecule has 0 saturated heterocycles. The highest BCUT2D eigenvalue weighted by atomic mass is 32.1. The highest BCUT2D eigenvalue weighted by Gasteiger charge is 2.15. The summed E-state index contributed by atoms with van der Waals surface area (Å²) < 4.78 is 2.22. The van der Waals surface area contributed by atoms with Crippen molar-refractivity contribution in [3.63, 3.8) is 0 Å². The molecule has 1 aliphatic carbocycles. The van der Waals surface area contributed by atoms with Gasteiger partial charge in [0.15, 0.2) is 0 Å². The van der Waals surface area contributed by atoms with E-state index in [0.29, 0.717) is 0 Å². The summed E-state index contributed by atoms with van der Waals surface area (Å²) in [6, 6.07) is 2.11. The molecule has 1 aromatic rings. The number of thiophene rings is 1. The van der Waals surface area contributed by atoms with Gasteiger partial charge < -0.3 is 5.32 Å². The molecule has 5 rings (SSSR count). The first-order chi connectivity index (χ1) is 13.2. The predicted molar refractivity (Wildman–Crippen MR) is 111 cm³/mol. The lowest BCUT2D eigenvalue weighted by atomic mass is 10.0. The van der Waals surface area contributed by atoms with E-state index >= 15 is 0 Å². The first kappa shape index (κ1) is 16.0. The number of nitrogens with one attached hydrogen (secondary N) is 1. The van der Waals surface area contributed by atoms with Crippen LogP contribution in [0.1, 0.15) is 6.92 Å². The van der Waals surface area contributed by atoms with Crippen molar-refractivity contribution in [3.8, 4) is 0 Å². The van der Waals surface area contributed by atoms with Crippen molar-refractivity contribution in [1.82, 2.24) is 5.06 Å². The lowest BCUT2D eigenvalue weighted by Crippen LogP contribution is -2.11. The lowest BCUT2D eigenvalue weighted by molar-refractivity contribution is 0.0109. The van der Waals surface area contributed by atoms with Crippen LogP contribution in [0.2, 0.25) is 0 Å². The van der Waals surface area contributed by atoms with Crippen molar-refractivity contribution in [3.05, 3.63) is 87.5 Å². The summed E-state index contributed by atoms with van der Waals surface area (Å²) in [4.78, 5) is 9.36. The van der Waals surface area contributed by atoms with Gasteiger partial charge in [0.1, 0.15) is 0 Å². The van der Waals surface area contributed by atoms with Gasteiger partial charge in [-0.05, 0) is 61.1 Å². The summed E-state index contributed by atoms with van der Waals surface area (Å²) >= 11 is 1.68. The minimum absolute atomic E-state index is 0.915. The van der Waals surface area contributed by atoms with Gasteiger partial charge in [-0.1, -0.05) is 0 Å². The van der Waals surface area contributed by atoms with E-state index in [0.717, 1.165) is 53.8 Å². The Hall–Kier alpha value is -3.22. The van der Waals surface area contributed by atoms with Crippen LogP contribution in [-0.2, 0) is 0 Å². The van der Waals surface area contributed by atoms with Gasteiger partial charge in [-0.15, -0.1) is 11.3 Å². The summed E-state index contributed by atoms with van der Waals surface area (Å²) in [5.74, 6) is 0. The maximum Gasteiger partial charge on any atom is 0.0844 e. The zero-order valence-electron chi connectivity index (χ0n) is 14.5. The SMILES string of the molecule is CC1=CC2=CC(=NC3=c4sc(=C5C=CN(O)C=C5)cc4NC=C3)C=CC2=N1. The van der Waals surface area contributed by atoms with Crippen LogP contribution in [-0.4, -0.2) is 21.7 Å². The molecule has 132 valence electrons. The Morgan fingerprint density at radius 1 is 1.11 bits per heavy atom. The Kier molecular flexibility index (Phi) is 3.67. The number of rotatable bonds is 1. The predicted octanol–water partition coefficient (Wildman–Crippen LogP) is 2.97. The average Bonchev–Trinajstić information content (AvgIpc) is 3.25.